The van der Waals surface area contributed by atoms with Gasteiger partial charge in [0.2, 0.25) is 0 Å². The third-order valence-corrected chi connectivity index (χ3v) is 2.81. The summed E-state index contributed by atoms with van der Waals surface area (Å²) in [7, 11) is 2.01. The van der Waals surface area contributed by atoms with E-state index in [4.69, 9.17) is 0 Å². The highest BCUT2D eigenvalue weighted by atomic mass is 15.2. The first-order chi connectivity index (χ1) is 7.34. The standard InChI is InChI=1S/C12H23N3/c1-3-4-5-6-7-8-9-10-12-14-13-11-15(12)2/h11H,3-10H2,1-2H3. The van der Waals surface area contributed by atoms with Crippen molar-refractivity contribution >= 4 is 0 Å². The highest BCUT2D eigenvalue weighted by Gasteiger charge is 1.99. The monoisotopic (exact) mass is 209 g/mol. The zero-order valence-corrected chi connectivity index (χ0v) is 10.1. The Kier molecular flexibility index (Phi) is 6.05. The molecule has 0 aliphatic rings. The normalized spacial score (nSPS) is 10.8. The van der Waals surface area contributed by atoms with Gasteiger partial charge >= 0.3 is 0 Å². The van der Waals surface area contributed by atoms with Crippen LogP contribution in [0.2, 0.25) is 0 Å². The van der Waals surface area contributed by atoms with E-state index in [0.29, 0.717) is 0 Å². The summed E-state index contributed by atoms with van der Waals surface area (Å²) in [4.78, 5) is 0. The Morgan fingerprint density at radius 1 is 1.07 bits per heavy atom. The van der Waals surface area contributed by atoms with Crippen LogP contribution >= 0.6 is 0 Å². The van der Waals surface area contributed by atoms with Crippen LogP contribution in [-0.2, 0) is 13.5 Å². The number of aromatic nitrogens is 3. The van der Waals surface area contributed by atoms with E-state index >= 15 is 0 Å². The van der Waals surface area contributed by atoms with Gasteiger partial charge in [-0.3, -0.25) is 0 Å². The van der Waals surface area contributed by atoms with Crippen LogP contribution in [0.1, 0.15) is 57.7 Å². The molecule has 3 heteroatoms. The van der Waals surface area contributed by atoms with Crippen molar-refractivity contribution in [2.45, 2.75) is 58.3 Å². The van der Waals surface area contributed by atoms with Crippen LogP contribution in [0, 0.1) is 0 Å². The third kappa shape index (κ3) is 4.96. The Labute approximate surface area is 92.9 Å². The summed E-state index contributed by atoms with van der Waals surface area (Å²) < 4.78 is 2.01. The molecule has 1 aromatic rings. The SMILES string of the molecule is CCCCCCCCCc1nncn1C. The minimum atomic E-state index is 1.07. The van der Waals surface area contributed by atoms with Crippen LogP contribution in [0.4, 0.5) is 0 Å². The van der Waals surface area contributed by atoms with Crippen LogP contribution in [0.25, 0.3) is 0 Å². The van der Waals surface area contributed by atoms with Gasteiger partial charge in [-0.25, -0.2) is 0 Å². The summed E-state index contributed by atoms with van der Waals surface area (Å²) in [6.07, 6.45) is 12.3. The van der Waals surface area contributed by atoms with Crippen molar-refractivity contribution in [2.24, 2.45) is 7.05 Å². The Morgan fingerprint density at radius 3 is 2.33 bits per heavy atom. The first-order valence-corrected chi connectivity index (χ1v) is 6.17. The number of hydrogen-bond acceptors (Lipinski definition) is 2. The van der Waals surface area contributed by atoms with Crippen molar-refractivity contribution in [1.29, 1.82) is 0 Å². The molecule has 1 aromatic heterocycles. The minimum absolute atomic E-state index is 1.07. The van der Waals surface area contributed by atoms with Crippen LogP contribution in [-0.4, -0.2) is 14.8 Å². The molecule has 86 valence electrons. The molecule has 0 bridgehead atoms. The van der Waals surface area contributed by atoms with Gasteiger partial charge < -0.3 is 4.57 Å². The average molecular weight is 209 g/mol. The van der Waals surface area contributed by atoms with Crippen LogP contribution in [0.3, 0.4) is 0 Å². The maximum Gasteiger partial charge on any atom is 0.132 e. The lowest BCUT2D eigenvalue weighted by Gasteiger charge is -2.01. The maximum absolute atomic E-state index is 4.08. The van der Waals surface area contributed by atoms with E-state index in [-0.39, 0.29) is 0 Å². The Hall–Kier alpha value is -0.860. The summed E-state index contributed by atoms with van der Waals surface area (Å²) in [5, 5.41) is 7.95. The van der Waals surface area contributed by atoms with Crippen molar-refractivity contribution in [3.8, 4) is 0 Å². The first kappa shape index (κ1) is 12.2. The summed E-state index contributed by atoms with van der Waals surface area (Å²) in [5.41, 5.74) is 0. The minimum Gasteiger partial charge on any atom is -0.321 e. The Morgan fingerprint density at radius 2 is 1.73 bits per heavy atom. The van der Waals surface area contributed by atoms with Crippen molar-refractivity contribution in [2.75, 3.05) is 0 Å². The van der Waals surface area contributed by atoms with E-state index in [0.717, 1.165) is 12.2 Å². The van der Waals surface area contributed by atoms with Gasteiger partial charge in [-0.05, 0) is 6.42 Å². The van der Waals surface area contributed by atoms with Crippen molar-refractivity contribution in [3.05, 3.63) is 12.2 Å². The molecular formula is C12H23N3. The average Bonchev–Trinajstić information content (AvgIpc) is 2.63. The van der Waals surface area contributed by atoms with E-state index < -0.39 is 0 Å². The molecule has 0 unspecified atom stereocenters. The predicted molar refractivity (Wildman–Crippen MR) is 62.7 cm³/mol. The van der Waals surface area contributed by atoms with E-state index in [9.17, 15) is 0 Å². The van der Waals surface area contributed by atoms with E-state index in [2.05, 4.69) is 17.1 Å². The number of aryl methyl sites for hydroxylation is 2. The molecule has 0 saturated heterocycles. The highest BCUT2D eigenvalue weighted by Crippen LogP contribution is 2.08. The third-order valence-electron chi connectivity index (χ3n) is 2.81. The summed E-state index contributed by atoms with van der Waals surface area (Å²) in [6, 6.07) is 0. The molecule has 0 aliphatic carbocycles. The molecule has 0 spiro atoms. The van der Waals surface area contributed by atoms with Crippen molar-refractivity contribution < 1.29 is 0 Å². The fourth-order valence-electron chi connectivity index (χ4n) is 1.77. The second kappa shape index (κ2) is 7.43. The highest BCUT2D eigenvalue weighted by molar-refractivity contribution is 4.83. The van der Waals surface area contributed by atoms with E-state index in [1.54, 1.807) is 6.33 Å². The number of nitrogens with zero attached hydrogens (tertiary/aromatic N) is 3. The van der Waals surface area contributed by atoms with Crippen molar-refractivity contribution in [1.82, 2.24) is 14.8 Å². The number of rotatable bonds is 8. The van der Waals surface area contributed by atoms with Gasteiger partial charge in [-0.1, -0.05) is 45.4 Å². The quantitative estimate of drug-likeness (QED) is 0.616. The van der Waals surface area contributed by atoms with Gasteiger partial charge in [-0.2, -0.15) is 0 Å². The molecular weight excluding hydrogens is 186 g/mol. The lowest BCUT2D eigenvalue weighted by molar-refractivity contribution is 0.580. The fourth-order valence-corrected chi connectivity index (χ4v) is 1.77. The first-order valence-electron chi connectivity index (χ1n) is 6.17. The van der Waals surface area contributed by atoms with Gasteiger partial charge in [-0.15, -0.1) is 10.2 Å². The molecule has 0 fully saturated rings. The van der Waals surface area contributed by atoms with Gasteiger partial charge in [0.25, 0.3) is 0 Å². The molecule has 0 saturated carbocycles. The van der Waals surface area contributed by atoms with Gasteiger partial charge in [0.15, 0.2) is 0 Å². The van der Waals surface area contributed by atoms with Crippen LogP contribution < -0.4 is 0 Å². The van der Waals surface area contributed by atoms with Crippen LogP contribution in [0.15, 0.2) is 6.33 Å². The molecule has 15 heavy (non-hydrogen) atoms. The molecule has 0 N–H and O–H groups in total. The molecule has 3 nitrogen and oxygen atoms in total. The summed E-state index contributed by atoms with van der Waals surface area (Å²) in [6.45, 7) is 2.26. The number of hydrogen-bond donors (Lipinski definition) is 0. The molecule has 0 amide bonds. The smallest absolute Gasteiger partial charge is 0.132 e. The lowest BCUT2D eigenvalue weighted by atomic mass is 10.1. The fraction of sp³-hybridized carbons (Fsp3) is 0.833. The maximum atomic E-state index is 4.08. The molecule has 0 atom stereocenters. The largest absolute Gasteiger partial charge is 0.321 e. The second-order valence-electron chi connectivity index (χ2n) is 4.23. The Balaban J connectivity index is 1.96. The molecule has 0 aromatic carbocycles. The molecule has 1 rings (SSSR count). The zero-order chi connectivity index (χ0) is 10.9. The predicted octanol–water partition coefficient (Wildman–Crippen LogP) is 3.11. The second-order valence-corrected chi connectivity index (χ2v) is 4.23. The van der Waals surface area contributed by atoms with E-state index in [1.807, 2.05) is 11.6 Å². The number of unbranched alkanes of at least 4 members (excludes halogenated alkanes) is 6. The summed E-state index contributed by atoms with van der Waals surface area (Å²) in [5.74, 6) is 1.11. The molecule has 0 radical (unpaired) electrons. The van der Waals surface area contributed by atoms with Gasteiger partial charge in [0.1, 0.15) is 12.2 Å². The van der Waals surface area contributed by atoms with Gasteiger partial charge in [0.05, 0.1) is 0 Å². The lowest BCUT2D eigenvalue weighted by Crippen LogP contribution is -1.97. The van der Waals surface area contributed by atoms with E-state index in [1.165, 1.54) is 44.9 Å². The van der Waals surface area contributed by atoms with Crippen LogP contribution in [0.5, 0.6) is 0 Å². The topological polar surface area (TPSA) is 30.7 Å². The molecule has 1 heterocycles. The zero-order valence-electron chi connectivity index (χ0n) is 10.1. The summed E-state index contributed by atoms with van der Waals surface area (Å²) >= 11 is 0. The van der Waals surface area contributed by atoms with Gasteiger partial charge in [0, 0.05) is 13.5 Å². The Bertz CT molecular complexity index is 255. The van der Waals surface area contributed by atoms with Crippen molar-refractivity contribution in [3.63, 3.8) is 0 Å². The molecule has 0 aliphatic heterocycles.